The van der Waals surface area contributed by atoms with Gasteiger partial charge >= 0.3 is 0 Å². The van der Waals surface area contributed by atoms with Crippen molar-refractivity contribution in [1.82, 2.24) is 5.32 Å². The molecule has 7 heteroatoms. The molecular weight excluding hydrogens is 338 g/mol. The second kappa shape index (κ2) is 6.57. The number of fused-ring (bicyclic) bond motifs is 1. The topological polar surface area (TPSA) is 70.7 Å². The highest BCUT2D eigenvalue weighted by Gasteiger charge is 2.18. The van der Waals surface area contributed by atoms with Crippen molar-refractivity contribution >= 4 is 21.4 Å². The van der Waals surface area contributed by atoms with E-state index in [0.29, 0.717) is 12.3 Å². The molecule has 1 saturated heterocycles. The van der Waals surface area contributed by atoms with Crippen LogP contribution in [0.2, 0.25) is 0 Å². The van der Waals surface area contributed by atoms with Gasteiger partial charge in [0.05, 0.1) is 11.5 Å². The maximum Gasteiger partial charge on any atom is 0.261 e. The van der Waals surface area contributed by atoms with Crippen molar-refractivity contribution in [2.75, 3.05) is 42.4 Å². The molecule has 2 aromatic carbocycles. The van der Waals surface area contributed by atoms with Crippen LogP contribution in [-0.2, 0) is 16.4 Å². The third-order valence-corrected chi connectivity index (χ3v) is 5.97. The maximum absolute atomic E-state index is 12.6. The molecule has 0 atom stereocenters. The second-order valence-electron chi connectivity index (χ2n) is 6.26. The summed E-state index contributed by atoms with van der Waals surface area (Å²) >= 11 is 0. The van der Waals surface area contributed by atoms with Crippen molar-refractivity contribution < 1.29 is 13.2 Å². The summed E-state index contributed by atoms with van der Waals surface area (Å²) in [5.41, 5.74) is 2.65. The molecule has 4 rings (SSSR count). The zero-order valence-corrected chi connectivity index (χ0v) is 14.7. The first-order valence-corrected chi connectivity index (χ1v) is 9.94. The number of nitrogens with one attached hydrogen (secondary N) is 2. The Bertz CT molecular complexity index is 860. The number of hydrogen-bond donors (Lipinski definition) is 2. The van der Waals surface area contributed by atoms with Crippen molar-refractivity contribution in [3.05, 3.63) is 48.0 Å². The molecule has 25 heavy (non-hydrogen) atoms. The Morgan fingerprint density at radius 2 is 1.80 bits per heavy atom. The molecule has 0 unspecified atom stereocenters. The quantitative estimate of drug-likeness (QED) is 0.872. The Balaban J connectivity index is 1.51. The summed E-state index contributed by atoms with van der Waals surface area (Å²) < 4.78 is 33.4. The average molecular weight is 359 g/mol. The van der Waals surface area contributed by atoms with Crippen LogP contribution in [-0.4, -0.2) is 41.2 Å². The molecule has 0 spiro atoms. The van der Waals surface area contributed by atoms with Crippen molar-refractivity contribution in [1.29, 1.82) is 0 Å². The van der Waals surface area contributed by atoms with Crippen molar-refractivity contribution in [3.63, 3.8) is 0 Å². The van der Waals surface area contributed by atoms with Gasteiger partial charge in [-0.05, 0) is 48.0 Å². The van der Waals surface area contributed by atoms with Gasteiger partial charge in [0.1, 0.15) is 5.75 Å². The number of piperazine rings is 1. The predicted octanol–water partition coefficient (Wildman–Crippen LogP) is 1.83. The molecule has 0 amide bonds. The minimum atomic E-state index is -3.60. The molecule has 6 nitrogen and oxygen atoms in total. The number of ether oxygens (including phenoxy) is 1. The van der Waals surface area contributed by atoms with Crippen LogP contribution in [0.15, 0.2) is 47.4 Å². The van der Waals surface area contributed by atoms with E-state index in [0.717, 1.165) is 49.6 Å². The van der Waals surface area contributed by atoms with E-state index in [1.807, 2.05) is 24.3 Å². The van der Waals surface area contributed by atoms with Gasteiger partial charge in [0.15, 0.2) is 0 Å². The van der Waals surface area contributed by atoms with E-state index in [1.54, 1.807) is 18.2 Å². The van der Waals surface area contributed by atoms with Crippen LogP contribution in [0.1, 0.15) is 5.56 Å². The summed E-state index contributed by atoms with van der Waals surface area (Å²) in [6.45, 7) is 4.41. The Labute approximate surface area is 147 Å². The highest BCUT2D eigenvalue weighted by atomic mass is 32.2. The summed E-state index contributed by atoms with van der Waals surface area (Å²) in [6.07, 6.45) is 0.810. The Kier molecular flexibility index (Phi) is 4.27. The SMILES string of the molecule is O=S(=O)(Nc1ccc2c(c1)CCO2)c1ccc(N2CCNCC2)cc1. The van der Waals surface area contributed by atoms with Crippen molar-refractivity contribution in [2.45, 2.75) is 11.3 Å². The first kappa shape index (κ1) is 16.2. The smallest absolute Gasteiger partial charge is 0.261 e. The van der Waals surface area contributed by atoms with Crippen LogP contribution in [0.4, 0.5) is 11.4 Å². The van der Waals surface area contributed by atoms with E-state index in [9.17, 15) is 8.42 Å². The number of benzene rings is 2. The molecule has 0 aliphatic carbocycles. The fraction of sp³-hybridized carbons (Fsp3) is 0.333. The summed E-state index contributed by atoms with van der Waals surface area (Å²) in [5, 5.41) is 3.31. The highest BCUT2D eigenvalue weighted by molar-refractivity contribution is 7.92. The summed E-state index contributed by atoms with van der Waals surface area (Å²) in [6, 6.07) is 12.5. The molecule has 0 radical (unpaired) electrons. The minimum absolute atomic E-state index is 0.267. The molecule has 2 aromatic rings. The first-order valence-electron chi connectivity index (χ1n) is 8.46. The number of sulfonamides is 1. The molecular formula is C18H21N3O3S. The lowest BCUT2D eigenvalue weighted by molar-refractivity contribution is 0.357. The molecule has 0 saturated carbocycles. The third-order valence-electron chi connectivity index (χ3n) is 4.57. The maximum atomic E-state index is 12.6. The van der Waals surface area contributed by atoms with E-state index < -0.39 is 10.0 Å². The van der Waals surface area contributed by atoms with Crippen LogP contribution in [0.5, 0.6) is 5.75 Å². The van der Waals surface area contributed by atoms with Crippen LogP contribution in [0.25, 0.3) is 0 Å². The lowest BCUT2D eigenvalue weighted by Gasteiger charge is -2.29. The molecule has 1 fully saturated rings. The van der Waals surface area contributed by atoms with Gasteiger partial charge in [-0.1, -0.05) is 0 Å². The summed E-state index contributed by atoms with van der Waals surface area (Å²) in [7, 11) is -3.60. The number of nitrogens with zero attached hydrogens (tertiary/aromatic N) is 1. The largest absolute Gasteiger partial charge is 0.493 e. The fourth-order valence-corrected chi connectivity index (χ4v) is 4.27. The van der Waals surface area contributed by atoms with Crippen LogP contribution < -0.4 is 19.7 Å². The fourth-order valence-electron chi connectivity index (χ4n) is 3.22. The first-order chi connectivity index (χ1) is 12.1. The zero-order chi connectivity index (χ0) is 17.3. The van der Waals surface area contributed by atoms with Crippen LogP contribution in [0, 0.1) is 0 Å². The van der Waals surface area contributed by atoms with E-state index >= 15 is 0 Å². The number of hydrogen-bond acceptors (Lipinski definition) is 5. The second-order valence-corrected chi connectivity index (χ2v) is 7.94. The highest BCUT2D eigenvalue weighted by Crippen LogP contribution is 2.29. The summed E-state index contributed by atoms with van der Waals surface area (Å²) in [5.74, 6) is 0.836. The molecule has 132 valence electrons. The van der Waals surface area contributed by atoms with Crippen LogP contribution in [0.3, 0.4) is 0 Å². The number of anilines is 2. The van der Waals surface area contributed by atoms with Gasteiger partial charge in [-0.3, -0.25) is 4.72 Å². The van der Waals surface area contributed by atoms with Gasteiger partial charge in [0.2, 0.25) is 0 Å². The van der Waals surface area contributed by atoms with Gasteiger partial charge in [-0.2, -0.15) is 0 Å². The Morgan fingerprint density at radius 3 is 2.56 bits per heavy atom. The third kappa shape index (κ3) is 3.43. The average Bonchev–Trinajstić information content (AvgIpc) is 3.10. The minimum Gasteiger partial charge on any atom is -0.493 e. The lowest BCUT2D eigenvalue weighted by Crippen LogP contribution is -2.43. The molecule has 2 aliphatic rings. The van der Waals surface area contributed by atoms with Crippen molar-refractivity contribution in [2.24, 2.45) is 0 Å². The van der Waals surface area contributed by atoms with Crippen molar-refractivity contribution in [3.8, 4) is 5.75 Å². The monoisotopic (exact) mass is 359 g/mol. The predicted molar refractivity (Wildman–Crippen MR) is 98.0 cm³/mol. The lowest BCUT2D eigenvalue weighted by atomic mass is 10.1. The van der Waals surface area contributed by atoms with Gasteiger partial charge in [-0.15, -0.1) is 0 Å². The Morgan fingerprint density at radius 1 is 1.04 bits per heavy atom. The van der Waals surface area contributed by atoms with E-state index in [-0.39, 0.29) is 4.90 Å². The zero-order valence-electron chi connectivity index (χ0n) is 13.9. The molecule has 2 heterocycles. The standard InChI is InChI=1S/C18H21N3O3S/c22-25(23,20-15-1-6-18-14(13-15)7-12-24-18)17-4-2-16(3-5-17)21-10-8-19-9-11-21/h1-6,13,19-20H,7-12H2. The molecule has 0 aromatic heterocycles. The van der Waals surface area contributed by atoms with Gasteiger partial charge in [-0.25, -0.2) is 8.42 Å². The molecule has 0 bridgehead atoms. The number of rotatable bonds is 4. The van der Waals surface area contributed by atoms with E-state index in [2.05, 4.69) is 14.9 Å². The van der Waals surface area contributed by atoms with E-state index in [1.165, 1.54) is 0 Å². The molecule has 2 aliphatic heterocycles. The van der Waals surface area contributed by atoms with E-state index in [4.69, 9.17) is 4.74 Å². The normalized spacial score (nSPS) is 17.0. The van der Waals surface area contributed by atoms with Gasteiger partial charge in [0, 0.05) is 44.0 Å². The summed E-state index contributed by atoms with van der Waals surface area (Å²) in [4.78, 5) is 2.52. The molecule has 2 N–H and O–H groups in total. The van der Waals surface area contributed by atoms with Crippen LogP contribution >= 0.6 is 0 Å². The Hall–Kier alpha value is -2.25. The van der Waals surface area contributed by atoms with Gasteiger partial charge < -0.3 is 15.0 Å². The van der Waals surface area contributed by atoms with Gasteiger partial charge in [0.25, 0.3) is 10.0 Å².